The SMILES string of the molecule is COCCOc1cccc(NC(=S)NC(=O)c2cccc(Br)c2)c1. The molecule has 2 rings (SSSR count). The molecule has 0 fully saturated rings. The predicted octanol–water partition coefficient (Wildman–Crippen LogP) is 3.60. The monoisotopic (exact) mass is 408 g/mol. The van der Waals surface area contributed by atoms with Gasteiger partial charge in [-0.3, -0.25) is 10.1 Å². The van der Waals surface area contributed by atoms with Crippen LogP contribution in [0.2, 0.25) is 0 Å². The van der Waals surface area contributed by atoms with Crippen LogP contribution in [-0.4, -0.2) is 31.3 Å². The van der Waals surface area contributed by atoms with Crippen molar-refractivity contribution >= 4 is 44.9 Å². The summed E-state index contributed by atoms with van der Waals surface area (Å²) in [7, 11) is 1.62. The van der Waals surface area contributed by atoms with Crippen LogP contribution in [0.1, 0.15) is 10.4 Å². The van der Waals surface area contributed by atoms with Crippen molar-refractivity contribution in [3.8, 4) is 5.75 Å². The molecule has 0 radical (unpaired) electrons. The number of thiocarbonyl (C=S) groups is 1. The van der Waals surface area contributed by atoms with Crippen LogP contribution in [0.25, 0.3) is 0 Å². The maximum Gasteiger partial charge on any atom is 0.257 e. The van der Waals surface area contributed by atoms with E-state index in [1.807, 2.05) is 24.3 Å². The first kappa shape index (κ1) is 18.4. The summed E-state index contributed by atoms with van der Waals surface area (Å²) in [5, 5.41) is 5.82. The Morgan fingerprint density at radius 3 is 2.71 bits per heavy atom. The minimum Gasteiger partial charge on any atom is -0.491 e. The lowest BCUT2D eigenvalue weighted by Gasteiger charge is -2.11. The van der Waals surface area contributed by atoms with Crippen LogP contribution in [0.3, 0.4) is 0 Å². The molecule has 0 aliphatic carbocycles. The molecule has 24 heavy (non-hydrogen) atoms. The van der Waals surface area contributed by atoms with Gasteiger partial charge in [-0.25, -0.2) is 0 Å². The van der Waals surface area contributed by atoms with E-state index in [0.717, 1.165) is 10.2 Å². The van der Waals surface area contributed by atoms with Crippen LogP contribution in [0.5, 0.6) is 5.75 Å². The van der Waals surface area contributed by atoms with Crippen molar-refractivity contribution in [2.24, 2.45) is 0 Å². The van der Waals surface area contributed by atoms with E-state index in [1.165, 1.54) is 0 Å². The number of hydrogen-bond donors (Lipinski definition) is 2. The zero-order chi connectivity index (χ0) is 17.4. The van der Waals surface area contributed by atoms with Crippen molar-refractivity contribution in [1.82, 2.24) is 5.32 Å². The van der Waals surface area contributed by atoms with Crippen molar-refractivity contribution in [2.75, 3.05) is 25.6 Å². The van der Waals surface area contributed by atoms with Gasteiger partial charge in [-0.05, 0) is 42.5 Å². The predicted molar refractivity (Wildman–Crippen MR) is 102 cm³/mol. The smallest absolute Gasteiger partial charge is 0.257 e. The fraction of sp³-hybridized carbons (Fsp3) is 0.176. The number of hydrogen-bond acceptors (Lipinski definition) is 4. The minimum atomic E-state index is -0.277. The first-order valence-corrected chi connectivity index (χ1v) is 8.38. The quantitative estimate of drug-likeness (QED) is 0.564. The topological polar surface area (TPSA) is 59.6 Å². The standard InChI is InChI=1S/C17H17BrN2O3S/c1-22-8-9-23-15-7-3-6-14(11-15)19-17(24)20-16(21)12-4-2-5-13(18)10-12/h2-7,10-11H,8-9H2,1H3,(H2,19,20,21,24). The Bertz CT molecular complexity index is 724. The summed E-state index contributed by atoms with van der Waals surface area (Å²) >= 11 is 8.51. The van der Waals surface area contributed by atoms with Gasteiger partial charge < -0.3 is 14.8 Å². The molecule has 0 spiro atoms. The average molecular weight is 409 g/mol. The van der Waals surface area contributed by atoms with Crippen molar-refractivity contribution in [2.45, 2.75) is 0 Å². The highest BCUT2D eigenvalue weighted by Gasteiger charge is 2.08. The summed E-state index contributed by atoms with van der Waals surface area (Å²) in [5.74, 6) is 0.416. The van der Waals surface area contributed by atoms with Crippen LogP contribution >= 0.6 is 28.1 Å². The second-order valence-corrected chi connectivity index (χ2v) is 6.11. The molecule has 0 bridgehead atoms. The molecule has 2 N–H and O–H groups in total. The Balaban J connectivity index is 1.92. The number of carbonyl (C=O) groups is 1. The Hall–Kier alpha value is -1.96. The van der Waals surface area contributed by atoms with Crippen LogP contribution in [0.4, 0.5) is 5.69 Å². The Kier molecular flexibility index (Phi) is 7.17. The van der Waals surface area contributed by atoms with Gasteiger partial charge in [0.05, 0.1) is 6.61 Å². The number of halogens is 1. The van der Waals surface area contributed by atoms with E-state index in [-0.39, 0.29) is 11.0 Å². The van der Waals surface area contributed by atoms with Crippen LogP contribution < -0.4 is 15.4 Å². The van der Waals surface area contributed by atoms with E-state index in [9.17, 15) is 4.79 Å². The molecular weight excluding hydrogens is 392 g/mol. The van der Waals surface area contributed by atoms with Crippen LogP contribution in [0.15, 0.2) is 53.0 Å². The highest BCUT2D eigenvalue weighted by molar-refractivity contribution is 9.10. The summed E-state index contributed by atoms with van der Waals surface area (Å²) in [5.41, 5.74) is 1.25. The van der Waals surface area contributed by atoms with Crippen LogP contribution in [0, 0.1) is 0 Å². The van der Waals surface area contributed by atoms with E-state index in [4.69, 9.17) is 21.7 Å². The van der Waals surface area contributed by atoms with Crippen molar-refractivity contribution in [3.63, 3.8) is 0 Å². The highest BCUT2D eigenvalue weighted by Crippen LogP contribution is 2.17. The number of rotatable bonds is 6. The van der Waals surface area contributed by atoms with E-state index in [1.54, 1.807) is 31.4 Å². The van der Waals surface area contributed by atoms with Gasteiger partial charge in [-0.1, -0.05) is 28.1 Å². The largest absolute Gasteiger partial charge is 0.491 e. The first-order chi connectivity index (χ1) is 11.6. The van der Waals surface area contributed by atoms with E-state index in [2.05, 4.69) is 26.6 Å². The lowest BCUT2D eigenvalue weighted by atomic mass is 10.2. The van der Waals surface area contributed by atoms with Gasteiger partial charge in [0.25, 0.3) is 5.91 Å². The first-order valence-electron chi connectivity index (χ1n) is 7.18. The van der Waals surface area contributed by atoms with E-state index >= 15 is 0 Å². The number of ether oxygens (including phenoxy) is 2. The third-order valence-corrected chi connectivity index (χ3v) is 3.66. The lowest BCUT2D eigenvalue weighted by molar-refractivity contribution is 0.0977. The summed E-state index contributed by atoms with van der Waals surface area (Å²) in [6.07, 6.45) is 0. The number of methoxy groups -OCH3 is 1. The summed E-state index contributed by atoms with van der Waals surface area (Å²) in [6, 6.07) is 14.4. The molecule has 2 aromatic rings. The van der Waals surface area contributed by atoms with E-state index < -0.39 is 0 Å². The van der Waals surface area contributed by atoms with Gasteiger partial charge in [-0.2, -0.15) is 0 Å². The molecule has 0 aliphatic rings. The molecule has 7 heteroatoms. The Morgan fingerprint density at radius 1 is 1.17 bits per heavy atom. The van der Waals surface area contributed by atoms with E-state index in [0.29, 0.717) is 24.5 Å². The van der Waals surface area contributed by atoms with Gasteiger partial charge in [0.15, 0.2) is 5.11 Å². The van der Waals surface area contributed by atoms with Crippen molar-refractivity contribution < 1.29 is 14.3 Å². The molecule has 0 saturated heterocycles. The van der Waals surface area contributed by atoms with Gasteiger partial charge in [0.2, 0.25) is 0 Å². The number of benzene rings is 2. The molecule has 0 saturated carbocycles. The molecule has 2 aromatic carbocycles. The van der Waals surface area contributed by atoms with Crippen LogP contribution in [-0.2, 0) is 4.74 Å². The maximum atomic E-state index is 12.1. The number of nitrogens with one attached hydrogen (secondary N) is 2. The maximum absolute atomic E-state index is 12.1. The number of amides is 1. The molecule has 0 atom stereocenters. The molecule has 0 aromatic heterocycles. The summed E-state index contributed by atoms with van der Waals surface area (Å²) in [6.45, 7) is 0.975. The fourth-order valence-electron chi connectivity index (χ4n) is 1.87. The summed E-state index contributed by atoms with van der Waals surface area (Å²) in [4.78, 5) is 12.1. The third kappa shape index (κ3) is 5.92. The van der Waals surface area contributed by atoms with Crippen molar-refractivity contribution in [1.29, 1.82) is 0 Å². The average Bonchev–Trinajstić information content (AvgIpc) is 2.55. The second kappa shape index (κ2) is 9.36. The van der Waals surface area contributed by atoms with Gasteiger partial charge in [0, 0.05) is 28.9 Å². The molecule has 5 nitrogen and oxygen atoms in total. The fourth-order valence-corrected chi connectivity index (χ4v) is 2.48. The second-order valence-electron chi connectivity index (χ2n) is 4.79. The van der Waals surface area contributed by atoms with Gasteiger partial charge in [-0.15, -0.1) is 0 Å². The molecule has 1 amide bonds. The summed E-state index contributed by atoms with van der Waals surface area (Å²) < 4.78 is 11.3. The molecule has 126 valence electrons. The molecular formula is C17H17BrN2O3S. The van der Waals surface area contributed by atoms with Crippen molar-refractivity contribution in [3.05, 3.63) is 58.6 Å². The zero-order valence-electron chi connectivity index (χ0n) is 13.0. The van der Waals surface area contributed by atoms with Gasteiger partial charge >= 0.3 is 0 Å². The zero-order valence-corrected chi connectivity index (χ0v) is 15.4. The normalized spacial score (nSPS) is 10.1. The Morgan fingerprint density at radius 2 is 1.96 bits per heavy atom. The third-order valence-electron chi connectivity index (χ3n) is 2.96. The Labute approximate surface area is 154 Å². The number of carbonyl (C=O) groups excluding carboxylic acids is 1. The molecule has 0 aliphatic heterocycles. The lowest BCUT2D eigenvalue weighted by Crippen LogP contribution is -2.34. The molecule has 0 heterocycles. The molecule has 0 unspecified atom stereocenters. The number of anilines is 1. The minimum absolute atomic E-state index is 0.217. The highest BCUT2D eigenvalue weighted by atomic mass is 79.9. The van der Waals surface area contributed by atoms with Gasteiger partial charge in [0.1, 0.15) is 12.4 Å².